The molecule has 3 N–H and O–H groups in total. The molecule has 4 bridgehead atoms. The predicted molar refractivity (Wildman–Crippen MR) is 89.2 cm³/mol. The van der Waals surface area contributed by atoms with Gasteiger partial charge in [-0.3, -0.25) is 4.79 Å². The van der Waals surface area contributed by atoms with E-state index in [1.54, 1.807) is 0 Å². The minimum Gasteiger partial charge on any atom is -0.391 e. The fourth-order valence-electron chi connectivity index (χ4n) is 7.41. The van der Waals surface area contributed by atoms with E-state index < -0.39 is 28.8 Å². The third-order valence-corrected chi connectivity index (χ3v) is 8.27. The van der Waals surface area contributed by atoms with Crippen molar-refractivity contribution < 1.29 is 24.9 Å². The molecule has 0 amide bonds. The first kappa shape index (κ1) is 16.2. The second-order valence-electron chi connectivity index (χ2n) is 9.52. The number of allylic oxidation sites excluding steroid dienone is 1. The highest BCUT2D eigenvalue weighted by Gasteiger charge is 2.85. The molecule has 0 unspecified atom stereocenters. The van der Waals surface area contributed by atoms with Crippen LogP contribution in [-0.4, -0.2) is 45.7 Å². The normalized spacial score (nSPS) is 58.2. The van der Waals surface area contributed by atoms with E-state index in [4.69, 9.17) is 4.74 Å². The van der Waals surface area contributed by atoms with E-state index in [1.807, 2.05) is 0 Å². The van der Waals surface area contributed by atoms with Crippen molar-refractivity contribution in [2.45, 2.75) is 51.1 Å². The van der Waals surface area contributed by atoms with E-state index in [1.165, 1.54) is 0 Å². The average Bonchev–Trinajstić information content (AvgIpc) is 2.66. The van der Waals surface area contributed by atoms with Crippen LogP contribution in [0.2, 0.25) is 0 Å². The Bertz CT molecular complexity index is 726. The summed E-state index contributed by atoms with van der Waals surface area (Å²) < 4.78 is 5.84. The summed E-state index contributed by atoms with van der Waals surface area (Å²) in [5.41, 5.74) is -1.90. The zero-order valence-electron chi connectivity index (χ0n) is 14.7. The number of fused-ring (bicyclic) bond motifs is 2. The summed E-state index contributed by atoms with van der Waals surface area (Å²) >= 11 is 0. The number of hydrogen-bond donors (Lipinski definition) is 3. The molecular weight excluding hydrogens is 320 g/mol. The molecule has 5 nitrogen and oxygen atoms in total. The maximum atomic E-state index is 13.3. The van der Waals surface area contributed by atoms with Gasteiger partial charge in [0.05, 0.1) is 12.7 Å². The molecule has 25 heavy (non-hydrogen) atoms. The fraction of sp³-hybridized carbons (Fsp3) is 0.750. The third kappa shape index (κ3) is 1.37. The van der Waals surface area contributed by atoms with Crippen LogP contribution in [0, 0.1) is 34.0 Å². The Hall–Kier alpha value is -1.01. The van der Waals surface area contributed by atoms with Gasteiger partial charge < -0.3 is 20.1 Å². The molecule has 4 aliphatic carbocycles. The maximum absolute atomic E-state index is 13.3. The lowest BCUT2D eigenvalue weighted by molar-refractivity contribution is -0.436. The molecule has 2 spiro atoms. The minimum absolute atomic E-state index is 0.218. The number of rotatable bonds is 0. The Labute approximate surface area is 147 Å². The van der Waals surface area contributed by atoms with Crippen LogP contribution in [-0.2, 0) is 9.53 Å². The molecule has 2 aliphatic heterocycles. The quantitative estimate of drug-likeness (QED) is 0.453. The van der Waals surface area contributed by atoms with E-state index in [0.29, 0.717) is 12.0 Å². The number of aliphatic hydroxyl groups excluding tert-OH is 2. The maximum Gasteiger partial charge on any atom is 0.208 e. The van der Waals surface area contributed by atoms with Crippen molar-refractivity contribution in [2.75, 3.05) is 6.61 Å². The lowest BCUT2D eigenvalue weighted by Gasteiger charge is -2.72. The van der Waals surface area contributed by atoms with Crippen LogP contribution in [0.25, 0.3) is 0 Å². The third-order valence-electron chi connectivity index (χ3n) is 8.27. The predicted octanol–water partition coefficient (Wildman–Crippen LogP) is 1.18. The molecule has 0 aromatic rings. The Morgan fingerprint density at radius 3 is 2.68 bits per heavy atom. The van der Waals surface area contributed by atoms with Crippen molar-refractivity contribution in [1.29, 1.82) is 0 Å². The van der Waals surface area contributed by atoms with Crippen LogP contribution >= 0.6 is 0 Å². The summed E-state index contributed by atoms with van der Waals surface area (Å²) in [6, 6.07) is 0. The first-order chi connectivity index (χ1) is 11.6. The number of carbonyl (C=O) groups excluding carboxylic acids is 1. The SMILES string of the molecule is C=C1C(=O)[C@]23[C@H](O)[C@H]1CC[C@H]2[C@]12C=CCC(C)(C)[C@H]1[C@H](O)[C@@]3(O)OC2. The Morgan fingerprint density at radius 1 is 1.24 bits per heavy atom. The summed E-state index contributed by atoms with van der Waals surface area (Å²) in [5, 5.41) is 33.9. The van der Waals surface area contributed by atoms with Crippen molar-refractivity contribution in [3.8, 4) is 0 Å². The van der Waals surface area contributed by atoms with Gasteiger partial charge in [-0.2, -0.15) is 0 Å². The topological polar surface area (TPSA) is 87.0 Å². The van der Waals surface area contributed by atoms with Crippen molar-refractivity contribution in [3.63, 3.8) is 0 Å². The molecule has 0 radical (unpaired) electrons. The Balaban J connectivity index is 1.82. The first-order valence-electron chi connectivity index (χ1n) is 9.28. The summed E-state index contributed by atoms with van der Waals surface area (Å²) in [6.45, 7) is 8.38. The molecule has 2 saturated heterocycles. The van der Waals surface area contributed by atoms with Gasteiger partial charge in [0.15, 0.2) is 5.78 Å². The monoisotopic (exact) mass is 346 g/mol. The number of aliphatic hydroxyl groups is 3. The molecule has 5 fully saturated rings. The van der Waals surface area contributed by atoms with Gasteiger partial charge in [-0.15, -0.1) is 0 Å². The summed E-state index contributed by atoms with van der Waals surface area (Å²) in [7, 11) is 0. The van der Waals surface area contributed by atoms with Crippen molar-refractivity contribution in [2.24, 2.45) is 34.0 Å². The lowest BCUT2D eigenvalue weighted by atomic mass is 9.37. The molecule has 2 heterocycles. The van der Waals surface area contributed by atoms with Crippen LogP contribution in [0.5, 0.6) is 0 Å². The molecule has 5 heteroatoms. The zero-order chi connectivity index (χ0) is 18.0. The van der Waals surface area contributed by atoms with Gasteiger partial charge in [-0.05, 0) is 36.2 Å². The van der Waals surface area contributed by atoms with E-state index in [-0.39, 0.29) is 35.6 Å². The standard InChI is InChI=1S/C20H26O5/c1-10-11-5-6-12-18-8-4-7-17(2,3)13(18)16(23)20(24,25-9-18)19(12,14(10)21)15(11)22/h4,8,11-13,15-16,22-24H,1,5-7,9H2,2-3H3/t11-,12-,13+,15+,16-,18+,19-,20+/m0/s1. The van der Waals surface area contributed by atoms with E-state index >= 15 is 0 Å². The van der Waals surface area contributed by atoms with Gasteiger partial charge in [-0.25, -0.2) is 0 Å². The highest BCUT2D eigenvalue weighted by Crippen LogP contribution is 2.75. The second-order valence-corrected chi connectivity index (χ2v) is 9.52. The number of ketones is 1. The van der Waals surface area contributed by atoms with Gasteiger partial charge >= 0.3 is 0 Å². The molecular formula is C20H26O5. The Kier molecular flexibility index (Phi) is 2.77. The number of carbonyl (C=O) groups is 1. The van der Waals surface area contributed by atoms with Crippen molar-refractivity contribution >= 4 is 5.78 Å². The van der Waals surface area contributed by atoms with Crippen LogP contribution < -0.4 is 0 Å². The first-order valence-corrected chi connectivity index (χ1v) is 9.28. The van der Waals surface area contributed by atoms with Crippen LogP contribution in [0.15, 0.2) is 24.3 Å². The van der Waals surface area contributed by atoms with Gasteiger partial charge in [0.2, 0.25) is 5.79 Å². The summed E-state index contributed by atoms with van der Waals surface area (Å²) in [5.74, 6) is -3.19. The number of hydrogen-bond acceptors (Lipinski definition) is 5. The molecule has 136 valence electrons. The summed E-state index contributed by atoms with van der Waals surface area (Å²) in [4.78, 5) is 13.3. The zero-order valence-corrected chi connectivity index (χ0v) is 14.7. The van der Waals surface area contributed by atoms with Crippen LogP contribution in [0.3, 0.4) is 0 Å². The van der Waals surface area contributed by atoms with Gasteiger partial charge in [0.25, 0.3) is 0 Å². The smallest absolute Gasteiger partial charge is 0.208 e. The largest absolute Gasteiger partial charge is 0.391 e. The Morgan fingerprint density at radius 2 is 1.96 bits per heavy atom. The molecule has 0 aromatic carbocycles. The van der Waals surface area contributed by atoms with Gasteiger partial charge in [-0.1, -0.05) is 32.6 Å². The van der Waals surface area contributed by atoms with E-state index in [2.05, 4.69) is 32.6 Å². The second kappa shape index (κ2) is 4.28. The fourth-order valence-corrected chi connectivity index (χ4v) is 7.41. The van der Waals surface area contributed by atoms with Crippen molar-refractivity contribution in [1.82, 2.24) is 0 Å². The van der Waals surface area contributed by atoms with Crippen molar-refractivity contribution in [3.05, 3.63) is 24.3 Å². The molecule has 0 aromatic heterocycles. The lowest BCUT2D eigenvalue weighted by Crippen LogP contribution is -2.83. The van der Waals surface area contributed by atoms with E-state index in [0.717, 1.165) is 12.8 Å². The van der Waals surface area contributed by atoms with Gasteiger partial charge in [0, 0.05) is 17.3 Å². The summed E-state index contributed by atoms with van der Waals surface area (Å²) in [6.07, 6.45) is 4.15. The highest BCUT2D eigenvalue weighted by atomic mass is 16.6. The molecule has 8 atom stereocenters. The number of ether oxygens (including phenoxy) is 1. The van der Waals surface area contributed by atoms with E-state index in [9.17, 15) is 20.1 Å². The van der Waals surface area contributed by atoms with Crippen LogP contribution in [0.4, 0.5) is 0 Å². The minimum atomic E-state index is -2.05. The number of Topliss-reactive ketones (excluding diaryl/α,β-unsaturated/α-hetero) is 1. The molecule has 3 saturated carbocycles. The van der Waals surface area contributed by atoms with Crippen LogP contribution in [0.1, 0.15) is 33.1 Å². The molecule has 6 rings (SSSR count). The van der Waals surface area contributed by atoms with Gasteiger partial charge in [0.1, 0.15) is 11.5 Å². The molecule has 6 aliphatic rings. The average molecular weight is 346 g/mol. The highest BCUT2D eigenvalue weighted by molar-refractivity contribution is 6.05.